The number of pyridine rings is 1. The molecule has 0 aliphatic carbocycles. The minimum atomic E-state index is -0.423. The molecular formula is C28H28N4O2S. The van der Waals surface area contributed by atoms with E-state index in [-0.39, 0.29) is 18.4 Å². The van der Waals surface area contributed by atoms with Crippen molar-refractivity contribution in [2.45, 2.75) is 32.5 Å². The van der Waals surface area contributed by atoms with Crippen molar-refractivity contribution in [2.24, 2.45) is 0 Å². The highest BCUT2D eigenvalue weighted by Gasteiger charge is 2.42. The molecule has 2 saturated heterocycles. The van der Waals surface area contributed by atoms with Crippen LogP contribution in [0.25, 0.3) is 21.0 Å². The standard InChI is InChI=1S/C28H28N4O2S/c1-2-25-22(21-8-3-4-11-26(21)35-25)16-31-18-27(33)32-14-13-30(17-24(32)28(31)34)15-19-7-5-10-23-20(19)9-6-12-29-23/h3-12,24H,2,13-18H2,1H3. The van der Waals surface area contributed by atoms with E-state index in [9.17, 15) is 9.59 Å². The van der Waals surface area contributed by atoms with Crippen LogP contribution < -0.4 is 0 Å². The van der Waals surface area contributed by atoms with Crippen LogP contribution in [0.4, 0.5) is 0 Å². The smallest absolute Gasteiger partial charge is 0.247 e. The first-order chi connectivity index (χ1) is 17.1. The van der Waals surface area contributed by atoms with Gasteiger partial charge in [-0.1, -0.05) is 43.3 Å². The number of amides is 2. The molecule has 2 aromatic carbocycles. The number of carbonyl (C=O) groups excluding carboxylic acids is 2. The predicted octanol–water partition coefficient (Wildman–Crippen LogP) is 4.07. The van der Waals surface area contributed by atoms with E-state index >= 15 is 0 Å². The molecule has 1 unspecified atom stereocenters. The van der Waals surface area contributed by atoms with Gasteiger partial charge in [0.2, 0.25) is 11.8 Å². The number of fused-ring (bicyclic) bond motifs is 3. The molecule has 2 aliphatic rings. The quantitative estimate of drug-likeness (QED) is 0.429. The number of nitrogens with zero attached hydrogens (tertiary/aromatic N) is 4. The van der Waals surface area contributed by atoms with Crippen LogP contribution in [0.2, 0.25) is 0 Å². The fourth-order valence-electron chi connectivity index (χ4n) is 5.51. The van der Waals surface area contributed by atoms with Crippen molar-refractivity contribution in [3.8, 4) is 0 Å². The molecule has 4 heterocycles. The molecule has 6 rings (SSSR count). The van der Waals surface area contributed by atoms with E-state index < -0.39 is 6.04 Å². The second-order valence-electron chi connectivity index (χ2n) is 9.37. The Kier molecular flexibility index (Phi) is 5.74. The highest BCUT2D eigenvalue weighted by Crippen LogP contribution is 2.33. The lowest BCUT2D eigenvalue weighted by molar-refractivity contribution is -0.160. The average molecular weight is 485 g/mol. The highest BCUT2D eigenvalue weighted by molar-refractivity contribution is 7.19. The van der Waals surface area contributed by atoms with Crippen LogP contribution >= 0.6 is 11.3 Å². The zero-order chi connectivity index (χ0) is 23.9. The molecule has 0 bridgehead atoms. The monoisotopic (exact) mass is 484 g/mol. The van der Waals surface area contributed by atoms with E-state index in [1.165, 1.54) is 26.1 Å². The molecule has 2 amide bonds. The second kappa shape index (κ2) is 9.06. The van der Waals surface area contributed by atoms with Crippen molar-refractivity contribution in [2.75, 3.05) is 26.2 Å². The Morgan fingerprint density at radius 2 is 1.83 bits per heavy atom. The van der Waals surface area contributed by atoms with Crippen molar-refractivity contribution in [3.63, 3.8) is 0 Å². The van der Waals surface area contributed by atoms with Gasteiger partial charge in [0.05, 0.1) is 5.52 Å². The Labute approximate surface area is 208 Å². The summed E-state index contributed by atoms with van der Waals surface area (Å²) in [7, 11) is 0. The van der Waals surface area contributed by atoms with Gasteiger partial charge in [0.1, 0.15) is 12.6 Å². The Morgan fingerprint density at radius 3 is 2.71 bits per heavy atom. The van der Waals surface area contributed by atoms with Crippen LogP contribution in [0.1, 0.15) is 22.9 Å². The molecule has 1 atom stereocenters. The summed E-state index contributed by atoms with van der Waals surface area (Å²) >= 11 is 1.79. The van der Waals surface area contributed by atoms with Crippen LogP contribution in [0.3, 0.4) is 0 Å². The van der Waals surface area contributed by atoms with E-state index in [4.69, 9.17) is 0 Å². The molecule has 2 fully saturated rings. The normalized spacial score (nSPS) is 19.1. The number of aromatic nitrogens is 1. The number of hydrogen-bond donors (Lipinski definition) is 0. The van der Waals surface area contributed by atoms with Crippen LogP contribution in [0, 0.1) is 0 Å². The number of piperazine rings is 2. The summed E-state index contributed by atoms with van der Waals surface area (Å²) in [6.45, 7) is 5.47. The van der Waals surface area contributed by atoms with Gasteiger partial charge < -0.3 is 9.80 Å². The lowest BCUT2D eigenvalue weighted by atomic mass is 10.0. The SMILES string of the molecule is CCc1sc2ccccc2c1CN1CC(=O)N2CCN(Cc3cccc4ncccc34)CC2C1=O. The molecule has 4 aromatic rings. The summed E-state index contributed by atoms with van der Waals surface area (Å²) in [6.07, 6.45) is 2.74. The number of benzene rings is 2. The van der Waals surface area contributed by atoms with Crippen molar-refractivity contribution in [1.82, 2.24) is 19.7 Å². The minimum Gasteiger partial charge on any atom is -0.327 e. The lowest BCUT2D eigenvalue weighted by Gasteiger charge is -2.46. The first kappa shape index (κ1) is 22.2. The van der Waals surface area contributed by atoms with Gasteiger partial charge in [-0.2, -0.15) is 0 Å². The molecule has 6 nitrogen and oxygen atoms in total. The van der Waals surface area contributed by atoms with Gasteiger partial charge in [0.25, 0.3) is 0 Å². The van der Waals surface area contributed by atoms with Crippen molar-refractivity contribution >= 4 is 44.1 Å². The summed E-state index contributed by atoms with van der Waals surface area (Å²) < 4.78 is 1.24. The molecule has 35 heavy (non-hydrogen) atoms. The van der Waals surface area contributed by atoms with Gasteiger partial charge in [-0.05, 0) is 41.1 Å². The van der Waals surface area contributed by atoms with Crippen LogP contribution in [0.15, 0.2) is 60.8 Å². The van der Waals surface area contributed by atoms with E-state index in [2.05, 4.69) is 47.1 Å². The largest absolute Gasteiger partial charge is 0.327 e. The Morgan fingerprint density at radius 1 is 0.971 bits per heavy atom. The zero-order valence-electron chi connectivity index (χ0n) is 19.8. The van der Waals surface area contributed by atoms with E-state index in [0.717, 1.165) is 30.4 Å². The summed E-state index contributed by atoms with van der Waals surface area (Å²) in [5.41, 5.74) is 3.37. The Hall–Kier alpha value is -3.29. The first-order valence-corrected chi connectivity index (χ1v) is 13.1. The number of thiophene rings is 1. The number of hydrogen-bond acceptors (Lipinski definition) is 5. The van der Waals surface area contributed by atoms with Gasteiger partial charge in [-0.25, -0.2) is 0 Å². The average Bonchev–Trinajstić information content (AvgIpc) is 3.25. The summed E-state index contributed by atoms with van der Waals surface area (Å²) in [5.74, 6) is 0.118. The fraction of sp³-hybridized carbons (Fsp3) is 0.321. The second-order valence-corrected chi connectivity index (χ2v) is 10.5. The van der Waals surface area contributed by atoms with Crippen molar-refractivity contribution < 1.29 is 9.59 Å². The number of aryl methyl sites for hydroxylation is 1. The molecule has 7 heteroatoms. The lowest BCUT2D eigenvalue weighted by Crippen LogP contribution is -2.66. The third kappa shape index (κ3) is 3.98. The van der Waals surface area contributed by atoms with E-state index in [1.54, 1.807) is 21.1 Å². The first-order valence-electron chi connectivity index (χ1n) is 12.2. The predicted molar refractivity (Wildman–Crippen MR) is 139 cm³/mol. The topological polar surface area (TPSA) is 56.8 Å². The molecular weight excluding hydrogens is 456 g/mol. The number of carbonyl (C=O) groups is 2. The summed E-state index contributed by atoms with van der Waals surface area (Å²) in [5, 5.41) is 2.34. The van der Waals surface area contributed by atoms with E-state index in [1.807, 2.05) is 30.5 Å². The van der Waals surface area contributed by atoms with Gasteiger partial charge >= 0.3 is 0 Å². The molecule has 178 valence electrons. The Balaban J connectivity index is 1.24. The van der Waals surface area contributed by atoms with E-state index in [0.29, 0.717) is 19.6 Å². The third-order valence-electron chi connectivity index (χ3n) is 7.29. The van der Waals surface area contributed by atoms with Gasteiger partial charge in [0.15, 0.2) is 0 Å². The van der Waals surface area contributed by atoms with Gasteiger partial charge in [-0.15, -0.1) is 11.3 Å². The fourth-order valence-corrected chi connectivity index (χ4v) is 6.67. The number of rotatable bonds is 5. The molecule has 0 N–H and O–H groups in total. The maximum atomic E-state index is 13.7. The molecule has 2 aromatic heterocycles. The minimum absolute atomic E-state index is 0.0567. The molecule has 0 spiro atoms. The van der Waals surface area contributed by atoms with Crippen LogP contribution in [-0.4, -0.2) is 63.7 Å². The maximum absolute atomic E-state index is 13.7. The van der Waals surface area contributed by atoms with Crippen LogP contribution in [0.5, 0.6) is 0 Å². The van der Waals surface area contributed by atoms with Crippen molar-refractivity contribution in [3.05, 3.63) is 76.8 Å². The summed E-state index contributed by atoms with van der Waals surface area (Å²) in [4.78, 5) is 38.4. The zero-order valence-corrected chi connectivity index (χ0v) is 20.6. The van der Waals surface area contributed by atoms with Crippen molar-refractivity contribution in [1.29, 1.82) is 0 Å². The maximum Gasteiger partial charge on any atom is 0.247 e. The molecule has 2 aliphatic heterocycles. The highest BCUT2D eigenvalue weighted by atomic mass is 32.1. The Bertz CT molecular complexity index is 1430. The van der Waals surface area contributed by atoms with Gasteiger partial charge in [-0.3, -0.25) is 19.5 Å². The van der Waals surface area contributed by atoms with Gasteiger partial charge in [0, 0.05) is 53.9 Å². The third-order valence-corrected chi connectivity index (χ3v) is 8.65. The molecule has 0 radical (unpaired) electrons. The summed E-state index contributed by atoms with van der Waals surface area (Å²) in [6, 6.07) is 18.2. The van der Waals surface area contributed by atoms with Crippen LogP contribution in [-0.2, 0) is 29.1 Å². The molecule has 0 saturated carbocycles.